The summed E-state index contributed by atoms with van der Waals surface area (Å²) in [5.74, 6) is 0.636. The van der Waals surface area contributed by atoms with Crippen LogP contribution < -0.4 is 0 Å². The van der Waals surface area contributed by atoms with Crippen LogP contribution in [-0.2, 0) is 10.0 Å². The first-order valence-electron chi connectivity index (χ1n) is 5.30. The Balaban J connectivity index is 2.33. The summed E-state index contributed by atoms with van der Waals surface area (Å²) in [4.78, 5) is 0. The van der Waals surface area contributed by atoms with Gasteiger partial charge in [-0.1, -0.05) is 18.5 Å². The number of alkyl halides is 1. The van der Waals surface area contributed by atoms with Crippen molar-refractivity contribution in [2.45, 2.75) is 23.6 Å². The minimum absolute atomic E-state index is 0.109. The molecule has 1 saturated heterocycles. The van der Waals surface area contributed by atoms with Crippen LogP contribution in [0.15, 0.2) is 16.3 Å². The molecule has 0 radical (unpaired) electrons. The number of thiophene rings is 1. The van der Waals surface area contributed by atoms with Gasteiger partial charge in [-0.2, -0.15) is 4.31 Å². The predicted octanol–water partition coefficient (Wildman–Crippen LogP) is 3.04. The van der Waals surface area contributed by atoms with E-state index in [0.717, 1.165) is 17.8 Å². The highest BCUT2D eigenvalue weighted by Crippen LogP contribution is 2.34. The van der Waals surface area contributed by atoms with Crippen molar-refractivity contribution in [3.8, 4) is 0 Å². The molecule has 96 valence electrons. The molecule has 0 saturated carbocycles. The second-order valence-corrected chi connectivity index (χ2v) is 8.30. The van der Waals surface area contributed by atoms with Crippen molar-refractivity contribution in [2.24, 2.45) is 5.92 Å². The molecule has 3 nitrogen and oxygen atoms in total. The third-order valence-electron chi connectivity index (χ3n) is 3.10. The van der Waals surface area contributed by atoms with E-state index in [1.54, 1.807) is 12.1 Å². The third kappa shape index (κ3) is 2.49. The lowest BCUT2D eigenvalue weighted by Crippen LogP contribution is -2.38. The molecule has 17 heavy (non-hydrogen) atoms. The van der Waals surface area contributed by atoms with Crippen LogP contribution in [0.1, 0.15) is 13.3 Å². The number of nitrogens with zero attached hydrogens (tertiary/aromatic N) is 1. The Morgan fingerprint density at radius 3 is 2.76 bits per heavy atom. The average molecular weight is 314 g/mol. The van der Waals surface area contributed by atoms with Crippen LogP contribution in [0.25, 0.3) is 0 Å². The summed E-state index contributed by atoms with van der Waals surface area (Å²) < 4.78 is 27.1. The average Bonchev–Trinajstić information content (AvgIpc) is 2.84. The van der Waals surface area contributed by atoms with E-state index >= 15 is 0 Å². The van der Waals surface area contributed by atoms with Gasteiger partial charge in [-0.15, -0.1) is 22.9 Å². The van der Waals surface area contributed by atoms with Crippen molar-refractivity contribution in [3.05, 3.63) is 16.5 Å². The summed E-state index contributed by atoms with van der Waals surface area (Å²) in [5, 5.41) is 0. The third-order valence-corrected chi connectivity index (χ3v) is 7.04. The van der Waals surface area contributed by atoms with Crippen LogP contribution in [0, 0.1) is 5.92 Å². The molecule has 1 aromatic heterocycles. The molecule has 0 aliphatic carbocycles. The van der Waals surface area contributed by atoms with Gasteiger partial charge in [0.25, 0.3) is 10.0 Å². The molecule has 7 heteroatoms. The summed E-state index contributed by atoms with van der Waals surface area (Å²) in [6, 6.07) is 3.05. The van der Waals surface area contributed by atoms with Crippen molar-refractivity contribution < 1.29 is 8.42 Å². The first-order chi connectivity index (χ1) is 7.96. The number of rotatable bonds is 3. The summed E-state index contributed by atoms with van der Waals surface area (Å²) >= 11 is 12.7. The summed E-state index contributed by atoms with van der Waals surface area (Å²) in [7, 11) is -3.43. The van der Waals surface area contributed by atoms with Gasteiger partial charge >= 0.3 is 0 Å². The quantitative estimate of drug-likeness (QED) is 0.804. The zero-order valence-electron chi connectivity index (χ0n) is 9.27. The first-order valence-corrected chi connectivity index (χ1v) is 8.47. The van der Waals surface area contributed by atoms with Crippen LogP contribution in [0.2, 0.25) is 4.34 Å². The predicted molar refractivity (Wildman–Crippen MR) is 71.5 cm³/mol. The highest BCUT2D eigenvalue weighted by Gasteiger charge is 2.39. The smallest absolute Gasteiger partial charge is 0.206 e. The Hall–Kier alpha value is 0.190. The van der Waals surface area contributed by atoms with Crippen molar-refractivity contribution in [1.82, 2.24) is 4.31 Å². The molecule has 2 heterocycles. The monoisotopic (exact) mass is 313 g/mol. The standard InChI is InChI=1S/C10H13Cl2NO2S2/c1-7-4-5-13(8(7)6-11)17(14,15)10-3-2-9(12)16-10/h2-3,7-8H,4-6H2,1H3. The number of hydrogen-bond donors (Lipinski definition) is 0. The van der Waals surface area contributed by atoms with Gasteiger partial charge < -0.3 is 0 Å². The van der Waals surface area contributed by atoms with E-state index < -0.39 is 10.0 Å². The van der Waals surface area contributed by atoms with Gasteiger partial charge in [0.1, 0.15) is 4.21 Å². The number of hydrogen-bond acceptors (Lipinski definition) is 3. The minimum atomic E-state index is -3.43. The van der Waals surface area contributed by atoms with E-state index in [1.807, 2.05) is 6.92 Å². The van der Waals surface area contributed by atoms with E-state index in [4.69, 9.17) is 23.2 Å². The maximum atomic E-state index is 12.4. The summed E-state index contributed by atoms with van der Waals surface area (Å²) in [6.45, 7) is 2.57. The molecule has 2 rings (SSSR count). The molecule has 2 unspecified atom stereocenters. The topological polar surface area (TPSA) is 37.4 Å². The van der Waals surface area contributed by atoms with Gasteiger partial charge in [-0.05, 0) is 24.5 Å². The normalized spacial score (nSPS) is 26.5. The molecule has 1 aromatic rings. The van der Waals surface area contributed by atoms with Crippen molar-refractivity contribution in [2.75, 3.05) is 12.4 Å². The SMILES string of the molecule is CC1CCN(S(=O)(=O)c2ccc(Cl)s2)C1CCl. The van der Waals surface area contributed by atoms with Crippen molar-refractivity contribution >= 4 is 44.6 Å². The lowest BCUT2D eigenvalue weighted by atomic mass is 10.1. The molecule has 0 bridgehead atoms. The molecule has 1 aliphatic heterocycles. The Kier molecular flexibility index (Phi) is 4.05. The fourth-order valence-electron chi connectivity index (χ4n) is 2.05. The van der Waals surface area contributed by atoms with Crippen LogP contribution in [-0.4, -0.2) is 31.2 Å². The molecule has 0 N–H and O–H groups in total. The van der Waals surface area contributed by atoms with E-state index in [2.05, 4.69) is 0 Å². The molecular formula is C10H13Cl2NO2S2. The summed E-state index contributed by atoms with van der Waals surface area (Å²) in [5.41, 5.74) is 0. The van der Waals surface area contributed by atoms with Gasteiger partial charge in [-0.3, -0.25) is 0 Å². The van der Waals surface area contributed by atoms with Crippen molar-refractivity contribution in [1.29, 1.82) is 0 Å². The Morgan fingerprint density at radius 2 is 2.24 bits per heavy atom. The summed E-state index contributed by atoms with van der Waals surface area (Å²) in [6.07, 6.45) is 0.857. The lowest BCUT2D eigenvalue weighted by Gasteiger charge is -2.23. The Morgan fingerprint density at radius 1 is 1.53 bits per heavy atom. The van der Waals surface area contributed by atoms with Gasteiger partial charge in [0.15, 0.2) is 0 Å². The molecule has 2 atom stereocenters. The fraction of sp³-hybridized carbons (Fsp3) is 0.600. The fourth-order valence-corrected chi connectivity index (χ4v) is 5.95. The highest BCUT2D eigenvalue weighted by atomic mass is 35.5. The van der Waals surface area contributed by atoms with E-state index in [-0.39, 0.29) is 6.04 Å². The number of halogens is 2. The van der Waals surface area contributed by atoms with E-state index in [1.165, 1.54) is 4.31 Å². The van der Waals surface area contributed by atoms with Crippen LogP contribution in [0.3, 0.4) is 0 Å². The maximum Gasteiger partial charge on any atom is 0.252 e. The first kappa shape index (κ1) is 13.6. The molecular weight excluding hydrogens is 301 g/mol. The zero-order valence-corrected chi connectivity index (χ0v) is 12.4. The van der Waals surface area contributed by atoms with E-state index in [9.17, 15) is 8.42 Å². The Labute approximate surface area is 115 Å². The van der Waals surface area contributed by atoms with Crippen LogP contribution in [0.5, 0.6) is 0 Å². The second-order valence-electron chi connectivity index (χ2n) is 4.16. The van der Waals surface area contributed by atoms with Crippen LogP contribution >= 0.6 is 34.5 Å². The van der Waals surface area contributed by atoms with Gasteiger partial charge in [0.05, 0.1) is 4.34 Å². The number of sulfonamides is 1. The lowest BCUT2D eigenvalue weighted by molar-refractivity contribution is 0.376. The molecule has 0 amide bonds. The second kappa shape index (κ2) is 5.05. The maximum absolute atomic E-state index is 12.4. The Bertz CT molecular complexity index is 500. The van der Waals surface area contributed by atoms with Gasteiger partial charge in [0, 0.05) is 18.5 Å². The van der Waals surface area contributed by atoms with Gasteiger partial charge in [-0.25, -0.2) is 8.42 Å². The van der Waals surface area contributed by atoms with E-state index in [0.29, 0.717) is 26.9 Å². The zero-order chi connectivity index (χ0) is 12.6. The molecule has 1 aliphatic rings. The van der Waals surface area contributed by atoms with Crippen molar-refractivity contribution in [3.63, 3.8) is 0 Å². The largest absolute Gasteiger partial charge is 0.252 e. The minimum Gasteiger partial charge on any atom is -0.206 e. The highest BCUT2D eigenvalue weighted by molar-refractivity contribution is 7.91. The van der Waals surface area contributed by atoms with Gasteiger partial charge in [0.2, 0.25) is 0 Å². The molecule has 1 fully saturated rings. The molecule has 0 spiro atoms. The van der Waals surface area contributed by atoms with Crippen LogP contribution in [0.4, 0.5) is 0 Å². The molecule has 0 aromatic carbocycles.